The van der Waals surface area contributed by atoms with Crippen molar-refractivity contribution >= 4 is 5.97 Å². The second-order valence-electron chi connectivity index (χ2n) is 3.69. The number of unbranched alkanes of at least 4 members (excludes halogenated alkanes) is 3. The van der Waals surface area contributed by atoms with Crippen molar-refractivity contribution in [2.24, 2.45) is 5.92 Å². The van der Waals surface area contributed by atoms with E-state index in [0.717, 1.165) is 12.8 Å². The van der Waals surface area contributed by atoms with Gasteiger partial charge in [0.2, 0.25) is 0 Å². The third-order valence-electron chi connectivity index (χ3n) is 2.37. The molecule has 0 aliphatic heterocycles. The Hall–Kier alpha value is -0.790. The van der Waals surface area contributed by atoms with Crippen molar-refractivity contribution in [1.29, 1.82) is 0 Å². The minimum absolute atomic E-state index is 0.0495. The highest BCUT2D eigenvalue weighted by Crippen LogP contribution is 2.09. The summed E-state index contributed by atoms with van der Waals surface area (Å²) in [5, 5.41) is 0. The maximum atomic E-state index is 11.4. The van der Waals surface area contributed by atoms with Gasteiger partial charge in [0.25, 0.3) is 0 Å². The second-order valence-corrected chi connectivity index (χ2v) is 3.69. The van der Waals surface area contributed by atoms with Crippen molar-refractivity contribution < 1.29 is 9.53 Å². The molecule has 88 valence electrons. The lowest BCUT2D eigenvalue weighted by atomic mass is 10.1. The Morgan fingerprint density at radius 3 is 2.53 bits per heavy atom. The third-order valence-corrected chi connectivity index (χ3v) is 2.37. The zero-order chi connectivity index (χ0) is 11.5. The predicted octanol–water partition coefficient (Wildman–Crippen LogP) is 3.71. The van der Waals surface area contributed by atoms with E-state index in [2.05, 4.69) is 13.0 Å². The number of carbonyl (C=O) groups is 1. The molecule has 0 aromatic rings. The van der Waals surface area contributed by atoms with Gasteiger partial charge >= 0.3 is 5.97 Å². The first-order valence-electron chi connectivity index (χ1n) is 6.09. The molecule has 0 aromatic heterocycles. The van der Waals surface area contributed by atoms with Crippen LogP contribution in [0.15, 0.2) is 12.2 Å². The highest BCUT2D eigenvalue weighted by atomic mass is 16.5. The smallest absolute Gasteiger partial charge is 0.312 e. The highest BCUT2D eigenvalue weighted by molar-refractivity contribution is 5.74. The third kappa shape index (κ3) is 7.18. The lowest BCUT2D eigenvalue weighted by Gasteiger charge is -2.08. The molecule has 0 saturated heterocycles. The molecule has 2 heteroatoms. The van der Waals surface area contributed by atoms with E-state index >= 15 is 0 Å². The highest BCUT2D eigenvalue weighted by Gasteiger charge is 2.13. The van der Waals surface area contributed by atoms with Crippen LogP contribution in [0.5, 0.6) is 0 Å². The van der Waals surface area contributed by atoms with E-state index in [1.54, 1.807) is 0 Å². The first-order chi connectivity index (χ1) is 7.26. The van der Waals surface area contributed by atoms with E-state index in [9.17, 15) is 4.79 Å². The van der Waals surface area contributed by atoms with Crippen LogP contribution in [0.25, 0.3) is 0 Å². The normalized spacial score (nSPS) is 13.0. The van der Waals surface area contributed by atoms with Gasteiger partial charge in [-0.15, -0.1) is 0 Å². The quantitative estimate of drug-likeness (QED) is 0.348. The van der Waals surface area contributed by atoms with Gasteiger partial charge in [0, 0.05) is 0 Å². The molecule has 0 aromatic carbocycles. The van der Waals surface area contributed by atoms with Crippen LogP contribution in [0, 0.1) is 5.92 Å². The Labute approximate surface area is 93.7 Å². The monoisotopic (exact) mass is 212 g/mol. The SMILES string of the molecule is CCCCCC=CC(CC)C(=O)OCC. The molecule has 15 heavy (non-hydrogen) atoms. The summed E-state index contributed by atoms with van der Waals surface area (Å²) in [5.41, 5.74) is 0. The molecule has 0 amide bonds. The van der Waals surface area contributed by atoms with Crippen molar-refractivity contribution in [2.75, 3.05) is 6.61 Å². The minimum atomic E-state index is -0.0910. The Bertz CT molecular complexity index is 185. The fourth-order valence-electron chi connectivity index (χ4n) is 1.40. The zero-order valence-corrected chi connectivity index (χ0v) is 10.3. The number of esters is 1. The summed E-state index contributed by atoms with van der Waals surface area (Å²) >= 11 is 0. The summed E-state index contributed by atoms with van der Waals surface area (Å²) in [6.07, 6.45) is 9.72. The van der Waals surface area contributed by atoms with Gasteiger partial charge in [0.15, 0.2) is 0 Å². The van der Waals surface area contributed by atoms with Gasteiger partial charge in [-0.05, 0) is 26.2 Å². The van der Waals surface area contributed by atoms with Crippen LogP contribution < -0.4 is 0 Å². The van der Waals surface area contributed by atoms with E-state index in [1.807, 2.05) is 19.9 Å². The van der Waals surface area contributed by atoms with Gasteiger partial charge in [-0.25, -0.2) is 0 Å². The minimum Gasteiger partial charge on any atom is -0.466 e. The van der Waals surface area contributed by atoms with E-state index in [0.29, 0.717) is 6.61 Å². The fourth-order valence-corrected chi connectivity index (χ4v) is 1.40. The molecule has 1 atom stereocenters. The molecule has 0 rings (SSSR count). The average molecular weight is 212 g/mol. The van der Waals surface area contributed by atoms with E-state index in [1.165, 1.54) is 19.3 Å². The summed E-state index contributed by atoms with van der Waals surface area (Å²) in [5.74, 6) is -0.140. The van der Waals surface area contributed by atoms with Crippen LogP contribution in [-0.4, -0.2) is 12.6 Å². The summed E-state index contributed by atoms with van der Waals surface area (Å²) in [6.45, 7) is 6.52. The number of ether oxygens (including phenoxy) is 1. The Morgan fingerprint density at radius 2 is 2.00 bits per heavy atom. The molecular weight excluding hydrogens is 188 g/mol. The molecule has 0 bridgehead atoms. The van der Waals surface area contributed by atoms with Crippen molar-refractivity contribution in [3.8, 4) is 0 Å². The fraction of sp³-hybridized carbons (Fsp3) is 0.769. The lowest BCUT2D eigenvalue weighted by Crippen LogP contribution is -2.14. The van der Waals surface area contributed by atoms with Gasteiger partial charge in [-0.2, -0.15) is 0 Å². The standard InChI is InChI=1S/C13H24O2/c1-4-7-8-9-10-11-12(5-2)13(14)15-6-3/h10-12H,4-9H2,1-3H3. The summed E-state index contributed by atoms with van der Waals surface area (Å²) in [7, 11) is 0. The van der Waals surface area contributed by atoms with Crippen LogP contribution in [0.3, 0.4) is 0 Å². The summed E-state index contributed by atoms with van der Waals surface area (Å²) in [4.78, 5) is 11.4. The largest absolute Gasteiger partial charge is 0.466 e. The first kappa shape index (κ1) is 14.2. The van der Waals surface area contributed by atoms with E-state index < -0.39 is 0 Å². The zero-order valence-electron chi connectivity index (χ0n) is 10.3. The van der Waals surface area contributed by atoms with E-state index in [-0.39, 0.29) is 11.9 Å². The summed E-state index contributed by atoms with van der Waals surface area (Å²) in [6, 6.07) is 0. The number of rotatable bonds is 8. The molecule has 2 nitrogen and oxygen atoms in total. The average Bonchev–Trinajstić information content (AvgIpc) is 2.23. The van der Waals surface area contributed by atoms with Crippen molar-refractivity contribution in [1.82, 2.24) is 0 Å². The van der Waals surface area contributed by atoms with E-state index in [4.69, 9.17) is 4.74 Å². The van der Waals surface area contributed by atoms with Gasteiger partial charge in [-0.1, -0.05) is 38.8 Å². The van der Waals surface area contributed by atoms with Gasteiger partial charge < -0.3 is 4.74 Å². The van der Waals surface area contributed by atoms with Gasteiger partial charge in [0.1, 0.15) is 0 Å². The molecule has 0 N–H and O–H groups in total. The van der Waals surface area contributed by atoms with Crippen LogP contribution in [0.1, 0.15) is 52.9 Å². The van der Waals surface area contributed by atoms with Crippen molar-refractivity contribution in [2.45, 2.75) is 52.9 Å². The Morgan fingerprint density at radius 1 is 1.27 bits per heavy atom. The molecule has 0 saturated carbocycles. The topological polar surface area (TPSA) is 26.3 Å². The van der Waals surface area contributed by atoms with Crippen LogP contribution in [0.4, 0.5) is 0 Å². The molecular formula is C13H24O2. The number of allylic oxidation sites excluding steroid dienone is 1. The second kappa shape index (κ2) is 9.75. The maximum Gasteiger partial charge on any atom is 0.312 e. The molecule has 1 unspecified atom stereocenters. The van der Waals surface area contributed by atoms with Crippen molar-refractivity contribution in [3.05, 3.63) is 12.2 Å². The van der Waals surface area contributed by atoms with Crippen LogP contribution in [-0.2, 0) is 9.53 Å². The van der Waals surface area contributed by atoms with Gasteiger partial charge in [0.05, 0.1) is 12.5 Å². The summed E-state index contributed by atoms with van der Waals surface area (Å²) < 4.78 is 4.98. The molecule has 0 fully saturated rings. The predicted molar refractivity (Wildman–Crippen MR) is 63.7 cm³/mol. The number of hydrogen-bond donors (Lipinski definition) is 0. The molecule has 0 aliphatic carbocycles. The van der Waals surface area contributed by atoms with Crippen LogP contribution >= 0.6 is 0 Å². The number of carbonyl (C=O) groups excluding carboxylic acids is 1. The van der Waals surface area contributed by atoms with Crippen molar-refractivity contribution in [3.63, 3.8) is 0 Å². The lowest BCUT2D eigenvalue weighted by molar-refractivity contribution is -0.146. The first-order valence-corrected chi connectivity index (χ1v) is 6.09. The maximum absolute atomic E-state index is 11.4. The number of hydrogen-bond acceptors (Lipinski definition) is 2. The molecule has 0 aliphatic rings. The Balaban J connectivity index is 3.81. The van der Waals surface area contributed by atoms with Gasteiger partial charge in [-0.3, -0.25) is 4.79 Å². The molecule has 0 heterocycles. The molecule has 0 radical (unpaired) electrons. The molecule has 0 spiro atoms. The Kier molecular flexibility index (Phi) is 9.24. The van der Waals surface area contributed by atoms with Crippen LogP contribution in [0.2, 0.25) is 0 Å².